The average Bonchev–Trinajstić information content (AvgIpc) is 3.40. The van der Waals surface area contributed by atoms with Gasteiger partial charge in [0.15, 0.2) is 11.4 Å². The molecule has 0 aliphatic rings. The number of anilines is 1. The Balaban J connectivity index is 1.58. The summed E-state index contributed by atoms with van der Waals surface area (Å²) < 4.78 is 51.1. The molecule has 0 spiro atoms. The normalized spacial score (nSPS) is 12.7. The maximum absolute atomic E-state index is 14.7. The summed E-state index contributed by atoms with van der Waals surface area (Å²) in [5, 5.41) is 8.47. The maximum atomic E-state index is 14.7. The number of methoxy groups -OCH3 is 1. The Bertz CT molecular complexity index is 1550. The predicted molar refractivity (Wildman–Crippen MR) is 128 cm³/mol. The Labute approximate surface area is 204 Å². The van der Waals surface area contributed by atoms with Crippen molar-refractivity contribution in [2.24, 2.45) is 0 Å². The minimum absolute atomic E-state index is 0.110. The van der Waals surface area contributed by atoms with Crippen molar-refractivity contribution in [3.8, 4) is 28.3 Å². The van der Waals surface area contributed by atoms with Crippen LogP contribution in [0, 0.1) is 12.7 Å². The smallest absolute Gasteiger partial charge is 0.271 e. The number of aryl methyl sites for hydroxylation is 1. The summed E-state index contributed by atoms with van der Waals surface area (Å²) in [6.07, 6.45) is 3.23. The molecular weight excluding hydrogens is 471 g/mol. The Morgan fingerprint density at radius 2 is 1.67 bits per heavy atom. The first-order valence-electron chi connectivity index (χ1n) is 11.0. The van der Waals surface area contributed by atoms with Gasteiger partial charge < -0.3 is 10.5 Å². The van der Waals surface area contributed by atoms with Gasteiger partial charge in [-0.1, -0.05) is 18.2 Å². The van der Waals surface area contributed by atoms with Crippen LogP contribution in [0.25, 0.3) is 28.2 Å². The minimum atomic E-state index is -3.16. The van der Waals surface area contributed by atoms with E-state index in [1.807, 2.05) is 6.07 Å². The number of ether oxygens (including phenoxy) is 1. The van der Waals surface area contributed by atoms with Crippen LogP contribution in [0.5, 0.6) is 5.75 Å². The number of aromatic nitrogens is 6. The fourth-order valence-electron chi connectivity index (χ4n) is 4.27. The van der Waals surface area contributed by atoms with Crippen molar-refractivity contribution >= 4 is 11.6 Å². The lowest BCUT2D eigenvalue weighted by atomic mass is 10.0. The number of benzene rings is 1. The van der Waals surface area contributed by atoms with Crippen molar-refractivity contribution in [1.82, 2.24) is 29.4 Å². The molecule has 2 N–H and O–H groups in total. The van der Waals surface area contributed by atoms with Gasteiger partial charge in [-0.2, -0.15) is 10.1 Å². The summed E-state index contributed by atoms with van der Waals surface area (Å²) >= 11 is 0. The molecular formula is C25H22F3N7O. The van der Waals surface area contributed by atoms with E-state index in [-0.39, 0.29) is 11.5 Å². The molecule has 4 heterocycles. The third-order valence-corrected chi connectivity index (χ3v) is 5.83. The zero-order chi connectivity index (χ0) is 25.6. The standard InChI is InChI=1S/C25H22F3N7O/c1-14-18(13-35(32-14)22(25(2,27)28)15-7-9-16(26)10-8-15)20-6-4-5-19(30-20)17-11-12-34-23(21(17)36-3)31-24(29)33-34/h4-13,22H,1-3H3,(H2,29,33)/t22-/m1/s1. The van der Waals surface area contributed by atoms with E-state index in [0.717, 1.165) is 19.1 Å². The molecule has 0 radical (unpaired) electrons. The second-order valence-corrected chi connectivity index (χ2v) is 8.43. The van der Waals surface area contributed by atoms with E-state index in [9.17, 15) is 13.2 Å². The molecule has 11 heteroatoms. The van der Waals surface area contributed by atoms with Crippen molar-refractivity contribution in [2.75, 3.05) is 12.8 Å². The van der Waals surface area contributed by atoms with Gasteiger partial charge in [-0.05, 0) is 42.8 Å². The van der Waals surface area contributed by atoms with Crippen LogP contribution < -0.4 is 10.5 Å². The number of pyridine rings is 2. The van der Waals surface area contributed by atoms with Gasteiger partial charge in [-0.3, -0.25) is 4.68 Å². The summed E-state index contributed by atoms with van der Waals surface area (Å²) in [5.74, 6) is -3.11. The van der Waals surface area contributed by atoms with E-state index in [4.69, 9.17) is 15.5 Å². The molecule has 36 heavy (non-hydrogen) atoms. The van der Waals surface area contributed by atoms with Gasteiger partial charge in [0.05, 0.1) is 24.2 Å². The van der Waals surface area contributed by atoms with Crippen LogP contribution in [-0.4, -0.2) is 42.4 Å². The highest BCUT2D eigenvalue weighted by molar-refractivity contribution is 5.77. The van der Waals surface area contributed by atoms with Crippen molar-refractivity contribution in [2.45, 2.75) is 25.8 Å². The Morgan fingerprint density at radius 1 is 0.972 bits per heavy atom. The first kappa shape index (κ1) is 23.3. The van der Waals surface area contributed by atoms with Crippen LogP contribution in [0.2, 0.25) is 0 Å². The third kappa shape index (κ3) is 4.12. The van der Waals surface area contributed by atoms with Gasteiger partial charge in [-0.15, -0.1) is 5.10 Å². The first-order valence-corrected chi connectivity index (χ1v) is 11.0. The molecule has 5 rings (SSSR count). The monoisotopic (exact) mass is 493 g/mol. The molecule has 184 valence electrons. The van der Waals surface area contributed by atoms with Crippen LogP contribution in [-0.2, 0) is 0 Å². The summed E-state index contributed by atoms with van der Waals surface area (Å²) in [6, 6.07) is 10.7. The van der Waals surface area contributed by atoms with E-state index in [1.54, 1.807) is 31.3 Å². The van der Waals surface area contributed by atoms with Crippen molar-refractivity contribution < 1.29 is 17.9 Å². The zero-order valence-electron chi connectivity index (χ0n) is 19.7. The molecule has 0 saturated heterocycles. The van der Waals surface area contributed by atoms with Gasteiger partial charge in [0.25, 0.3) is 5.92 Å². The molecule has 5 aromatic rings. The molecule has 1 atom stereocenters. The third-order valence-electron chi connectivity index (χ3n) is 5.83. The number of nitrogen functional groups attached to an aromatic ring is 1. The number of nitrogens with zero attached hydrogens (tertiary/aromatic N) is 6. The van der Waals surface area contributed by atoms with Gasteiger partial charge >= 0.3 is 0 Å². The molecule has 1 aromatic carbocycles. The van der Waals surface area contributed by atoms with E-state index in [0.29, 0.717) is 39.6 Å². The fourth-order valence-corrected chi connectivity index (χ4v) is 4.27. The SMILES string of the molecule is COc1c(-c2cccc(-c3cn([C@H](c4ccc(F)cc4)C(C)(F)F)nc3C)n2)ccn2nc(N)nc12. The molecule has 0 unspecified atom stereocenters. The fraction of sp³-hybridized carbons (Fsp3) is 0.200. The van der Waals surface area contributed by atoms with E-state index >= 15 is 0 Å². The number of halogens is 3. The van der Waals surface area contributed by atoms with Crippen molar-refractivity contribution in [3.05, 3.63) is 78.0 Å². The topological polar surface area (TPSA) is 96.1 Å². The van der Waals surface area contributed by atoms with Crippen molar-refractivity contribution in [1.29, 1.82) is 0 Å². The van der Waals surface area contributed by atoms with Gasteiger partial charge in [0, 0.05) is 30.4 Å². The highest BCUT2D eigenvalue weighted by atomic mass is 19.3. The summed E-state index contributed by atoms with van der Waals surface area (Å²) in [5.41, 5.74) is 9.29. The number of fused-ring (bicyclic) bond motifs is 1. The second-order valence-electron chi connectivity index (χ2n) is 8.43. The van der Waals surface area contributed by atoms with E-state index < -0.39 is 17.8 Å². The molecule has 0 fully saturated rings. The summed E-state index contributed by atoms with van der Waals surface area (Å²) in [7, 11) is 1.52. The van der Waals surface area contributed by atoms with Gasteiger partial charge in [0.2, 0.25) is 5.95 Å². The lowest BCUT2D eigenvalue weighted by Gasteiger charge is -2.24. The maximum Gasteiger partial charge on any atom is 0.271 e. The number of nitrogens with two attached hydrogens (primary N) is 1. The highest BCUT2D eigenvalue weighted by Crippen LogP contribution is 2.37. The Kier molecular flexibility index (Phi) is 5.62. The summed E-state index contributed by atoms with van der Waals surface area (Å²) in [6.45, 7) is 2.54. The van der Waals surface area contributed by atoms with Crippen LogP contribution >= 0.6 is 0 Å². The highest BCUT2D eigenvalue weighted by Gasteiger charge is 2.38. The van der Waals surface area contributed by atoms with E-state index in [1.165, 1.54) is 34.6 Å². The van der Waals surface area contributed by atoms with Gasteiger partial charge in [0.1, 0.15) is 11.9 Å². The molecule has 0 saturated carbocycles. The number of rotatable bonds is 6. The second kappa shape index (κ2) is 8.67. The zero-order valence-corrected chi connectivity index (χ0v) is 19.7. The number of hydrogen-bond acceptors (Lipinski definition) is 6. The molecule has 0 aliphatic carbocycles. The predicted octanol–water partition coefficient (Wildman–Crippen LogP) is 4.94. The average molecular weight is 493 g/mol. The molecule has 8 nitrogen and oxygen atoms in total. The quantitative estimate of drug-likeness (QED) is 0.360. The lowest BCUT2D eigenvalue weighted by Crippen LogP contribution is -2.29. The molecule has 4 aromatic heterocycles. The van der Waals surface area contributed by atoms with Gasteiger partial charge in [-0.25, -0.2) is 22.7 Å². The number of alkyl halides is 2. The number of hydrogen-bond donors (Lipinski definition) is 1. The summed E-state index contributed by atoms with van der Waals surface area (Å²) in [4.78, 5) is 8.97. The first-order chi connectivity index (χ1) is 17.2. The lowest BCUT2D eigenvalue weighted by molar-refractivity contribution is -0.0217. The van der Waals surface area contributed by atoms with Crippen LogP contribution in [0.4, 0.5) is 19.1 Å². The van der Waals surface area contributed by atoms with Crippen LogP contribution in [0.3, 0.4) is 0 Å². The Morgan fingerprint density at radius 3 is 2.33 bits per heavy atom. The van der Waals surface area contributed by atoms with E-state index in [2.05, 4.69) is 15.2 Å². The molecule has 0 aliphatic heterocycles. The molecule has 0 amide bonds. The van der Waals surface area contributed by atoms with Crippen LogP contribution in [0.15, 0.2) is 60.9 Å². The minimum Gasteiger partial charge on any atom is -0.492 e. The van der Waals surface area contributed by atoms with Crippen molar-refractivity contribution in [3.63, 3.8) is 0 Å². The molecule has 0 bridgehead atoms. The largest absolute Gasteiger partial charge is 0.492 e. The van der Waals surface area contributed by atoms with Crippen LogP contribution in [0.1, 0.15) is 24.2 Å². The Hall–Kier alpha value is -4.41.